The smallest absolute Gasteiger partial charge is 0.338 e. The van der Waals surface area contributed by atoms with Crippen molar-refractivity contribution in [3.05, 3.63) is 47.8 Å². The van der Waals surface area contributed by atoms with Crippen LogP contribution in [-0.4, -0.2) is 11.0 Å². The van der Waals surface area contributed by atoms with E-state index in [1.165, 1.54) is 0 Å². The molecule has 0 saturated heterocycles. The largest absolute Gasteiger partial charge is 0.457 e. The highest BCUT2D eigenvalue weighted by molar-refractivity contribution is 5.94. The fourth-order valence-corrected chi connectivity index (χ4v) is 1.80. The molecule has 3 heteroatoms. The Balaban J connectivity index is 2.13. The second-order valence-electron chi connectivity index (χ2n) is 3.55. The molecular weight excluding hydrogens is 190 g/mol. The van der Waals surface area contributed by atoms with Crippen molar-refractivity contribution >= 4 is 5.97 Å². The zero-order chi connectivity index (χ0) is 10.3. The minimum absolute atomic E-state index is 0.220. The van der Waals surface area contributed by atoms with E-state index in [4.69, 9.17) is 4.74 Å². The summed E-state index contributed by atoms with van der Waals surface area (Å²) < 4.78 is 4.95. The molecule has 0 atom stereocenters. The second-order valence-corrected chi connectivity index (χ2v) is 3.55. The Bertz CT molecular complexity index is 514. The van der Waals surface area contributed by atoms with Crippen molar-refractivity contribution in [1.29, 1.82) is 0 Å². The predicted octanol–water partition coefficient (Wildman–Crippen LogP) is 2.35. The van der Waals surface area contributed by atoms with Crippen LogP contribution < -0.4 is 0 Å². The standard InChI is InChI=1S/C12H9NO2/c14-12-11-5-8(9-3-4-13-6-9)1-2-10(11)7-15-12/h1-6,13H,7H2. The first-order chi connectivity index (χ1) is 7.34. The molecule has 1 aromatic carbocycles. The molecule has 2 heterocycles. The van der Waals surface area contributed by atoms with Gasteiger partial charge in [-0.25, -0.2) is 4.79 Å². The molecular formula is C12H9NO2. The first-order valence-electron chi connectivity index (χ1n) is 4.78. The minimum atomic E-state index is -0.220. The van der Waals surface area contributed by atoms with Crippen molar-refractivity contribution < 1.29 is 9.53 Å². The number of hydrogen-bond donors (Lipinski definition) is 1. The van der Waals surface area contributed by atoms with Gasteiger partial charge in [-0.1, -0.05) is 12.1 Å². The van der Waals surface area contributed by atoms with Gasteiger partial charge in [0.2, 0.25) is 0 Å². The molecule has 1 aliphatic heterocycles. The van der Waals surface area contributed by atoms with E-state index in [0.717, 1.165) is 16.7 Å². The summed E-state index contributed by atoms with van der Waals surface area (Å²) in [5, 5.41) is 0. The second kappa shape index (κ2) is 2.98. The van der Waals surface area contributed by atoms with Crippen molar-refractivity contribution in [2.45, 2.75) is 6.61 Å². The van der Waals surface area contributed by atoms with E-state index >= 15 is 0 Å². The number of cyclic esters (lactones) is 1. The van der Waals surface area contributed by atoms with Crippen LogP contribution in [0.25, 0.3) is 11.1 Å². The number of carbonyl (C=O) groups is 1. The van der Waals surface area contributed by atoms with Gasteiger partial charge in [-0.05, 0) is 23.3 Å². The number of nitrogens with one attached hydrogen (secondary N) is 1. The summed E-state index contributed by atoms with van der Waals surface area (Å²) in [6, 6.07) is 7.81. The molecule has 0 aliphatic carbocycles. The van der Waals surface area contributed by atoms with Gasteiger partial charge in [0, 0.05) is 18.0 Å². The number of fused-ring (bicyclic) bond motifs is 1. The van der Waals surface area contributed by atoms with E-state index in [1.807, 2.05) is 36.7 Å². The molecule has 0 radical (unpaired) electrons. The lowest BCUT2D eigenvalue weighted by Crippen LogP contribution is -1.93. The lowest BCUT2D eigenvalue weighted by atomic mass is 10.0. The molecule has 15 heavy (non-hydrogen) atoms. The van der Waals surface area contributed by atoms with E-state index in [9.17, 15) is 4.79 Å². The van der Waals surface area contributed by atoms with Crippen molar-refractivity contribution in [3.63, 3.8) is 0 Å². The van der Waals surface area contributed by atoms with Gasteiger partial charge in [-0.2, -0.15) is 0 Å². The highest BCUT2D eigenvalue weighted by Gasteiger charge is 2.21. The quantitative estimate of drug-likeness (QED) is 0.716. The molecule has 74 valence electrons. The number of aromatic amines is 1. The molecule has 1 aromatic heterocycles. The van der Waals surface area contributed by atoms with E-state index in [0.29, 0.717) is 12.2 Å². The predicted molar refractivity (Wildman–Crippen MR) is 55.3 cm³/mol. The molecule has 2 aromatic rings. The van der Waals surface area contributed by atoms with Crippen LogP contribution in [0.1, 0.15) is 15.9 Å². The lowest BCUT2D eigenvalue weighted by Gasteiger charge is -1.99. The van der Waals surface area contributed by atoms with Crippen LogP contribution in [0, 0.1) is 0 Å². The fraction of sp³-hybridized carbons (Fsp3) is 0.0833. The molecule has 1 aliphatic rings. The summed E-state index contributed by atoms with van der Waals surface area (Å²) in [6.07, 6.45) is 3.77. The monoisotopic (exact) mass is 199 g/mol. The van der Waals surface area contributed by atoms with Crippen LogP contribution in [0.2, 0.25) is 0 Å². The van der Waals surface area contributed by atoms with Gasteiger partial charge in [0.15, 0.2) is 0 Å². The summed E-state index contributed by atoms with van der Waals surface area (Å²) in [4.78, 5) is 14.3. The molecule has 3 nitrogen and oxygen atoms in total. The Hall–Kier alpha value is -2.03. The van der Waals surface area contributed by atoms with Gasteiger partial charge in [0.25, 0.3) is 0 Å². The first kappa shape index (κ1) is 8.29. The van der Waals surface area contributed by atoms with Crippen molar-refractivity contribution in [2.75, 3.05) is 0 Å². The summed E-state index contributed by atoms with van der Waals surface area (Å²) in [5.74, 6) is -0.220. The molecule has 3 rings (SSSR count). The molecule has 1 N–H and O–H groups in total. The number of aromatic nitrogens is 1. The van der Waals surface area contributed by atoms with Gasteiger partial charge in [0.05, 0.1) is 5.56 Å². The Morgan fingerprint density at radius 1 is 1.20 bits per heavy atom. The molecule has 0 amide bonds. The lowest BCUT2D eigenvalue weighted by molar-refractivity contribution is 0.0535. The van der Waals surface area contributed by atoms with Crippen LogP contribution in [0.5, 0.6) is 0 Å². The maximum absolute atomic E-state index is 11.4. The highest BCUT2D eigenvalue weighted by Crippen LogP contribution is 2.26. The zero-order valence-electron chi connectivity index (χ0n) is 7.99. The topological polar surface area (TPSA) is 42.1 Å². The van der Waals surface area contributed by atoms with Gasteiger partial charge in [-0.15, -0.1) is 0 Å². The third kappa shape index (κ3) is 1.24. The van der Waals surface area contributed by atoms with Crippen LogP contribution >= 0.6 is 0 Å². The summed E-state index contributed by atoms with van der Waals surface area (Å²) in [5.41, 5.74) is 3.78. The fourth-order valence-electron chi connectivity index (χ4n) is 1.80. The molecule has 0 spiro atoms. The maximum atomic E-state index is 11.4. The molecule has 0 fully saturated rings. The minimum Gasteiger partial charge on any atom is -0.457 e. The van der Waals surface area contributed by atoms with Crippen LogP contribution in [0.3, 0.4) is 0 Å². The summed E-state index contributed by atoms with van der Waals surface area (Å²) >= 11 is 0. The average Bonchev–Trinajstić information content (AvgIpc) is 2.88. The van der Waals surface area contributed by atoms with Crippen molar-refractivity contribution in [2.24, 2.45) is 0 Å². The van der Waals surface area contributed by atoms with E-state index in [1.54, 1.807) is 0 Å². The van der Waals surface area contributed by atoms with Gasteiger partial charge in [-0.3, -0.25) is 0 Å². The van der Waals surface area contributed by atoms with E-state index in [2.05, 4.69) is 4.98 Å². The van der Waals surface area contributed by atoms with E-state index < -0.39 is 0 Å². The van der Waals surface area contributed by atoms with Gasteiger partial charge in [0.1, 0.15) is 6.61 Å². The third-order valence-electron chi connectivity index (χ3n) is 2.62. The van der Waals surface area contributed by atoms with Crippen molar-refractivity contribution in [3.8, 4) is 11.1 Å². The number of benzene rings is 1. The Kier molecular flexibility index (Phi) is 1.65. The normalized spacial score (nSPS) is 13.7. The SMILES string of the molecule is O=C1OCc2ccc(-c3cc[nH]c3)cc21. The van der Waals surface area contributed by atoms with E-state index in [-0.39, 0.29) is 5.97 Å². The number of esters is 1. The number of rotatable bonds is 1. The Morgan fingerprint density at radius 3 is 2.93 bits per heavy atom. The number of carbonyl (C=O) groups excluding carboxylic acids is 1. The Morgan fingerprint density at radius 2 is 2.13 bits per heavy atom. The first-order valence-corrected chi connectivity index (χ1v) is 4.78. The summed E-state index contributed by atoms with van der Waals surface area (Å²) in [7, 11) is 0. The Labute approximate surface area is 86.7 Å². The number of hydrogen-bond acceptors (Lipinski definition) is 2. The van der Waals surface area contributed by atoms with Crippen LogP contribution in [0.15, 0.2) is 36.7 Å². The highest BCUT2D eigenvalue weighted by atomic mass is 16.5. The zero-order valence-corrected chi connectivity index (χ0v) is 7.99. The van der Waals surface area contributed by atoms with Crippen LogP contribution in [-0.2, 0) is 11.3 Å². The summed E-state index contributed by atoms with van der Waals surface area (Å²) in [6.45, 7) is 0.404. The number of H-pyrrole nitrogens is 1. The van der Waals surface area contributed by atoms with Crippen LogP contribution in [0.4, 0.5) is 0 Å². The van der Waals surface area contributed by atoms with Crippen molar-refractivity contribution in [1.82, 2.24) is 4.98 Å². The molecule has 0 unspecified atom stereocenters. The third-order valence-corrected chi connectivity index (χ3v) is 2.62. The maximum Gasteiger partial charge on any atom is 0.338 e. The molecule has 0 bridgehead atoms. The molecule has 0 saturated carbocycles. The number of ether oxygens (including phenoxy) is 1. The van der Waals surface area contributed by atoms with Gasteiger partial charge >= 0.3 is 5.97 Å². The van der Waals surface area contributed by atoms with Gasteiger partial charge < -0.3 is 9.72 Å². The average molecular weight is 199 g/mol.